The average molecular weight is 736 g/mol. The molecule has 17 heteroatoms. The lowest BCUT2D eigenvalue weighted by atomic mass is 10.2. The summed E-state index contributed by atoms with van der Waals surface area (Å²) in [5, 5.41) is 22.0. The molecule has 4 heterocycles. The van der Waals surface area contributed by atoms with Crippen molar-refractivity contribution in [2.75, 3.05) is 23.8 Å². The minimum Gasteiger partial charge on any atom is -0.436 e. The fourth-order valence-corrected chi connectivity index (χ4v) is 6.04. The Morgan fingerprint density at radius 1 is 0.833 bits per heavy atom. The first kappa shape index (κ1) is 37.1. The van der Waals surface area contributed by atoms with Gasteiger partial charge in [-0.25, -0.2) is 15.0 Å². The highest BCUT2D eigenvalue weighted by molar-refractivity contribution is 6.04. The van der Waals surface area contributed by atoms with E-state index < -0.39 is 17.7 Å². The molecule has 17 nitrogen and oxygen atoms in total. The standard InChI is InChI=1S/C37H41N11O6/c1-5-25-31(54-22(4)40-25)35(53)44-37-41-26-19-23(32(38)50)10-12-28(26)47(37)16-8-7-15-46-29-13-11-24(33(51)39-14-9-17-49)20-27(29)42-36(46)43-34(52)30-18-21(3)45-48(30)6-2/h7-8,10-13,18-20,49H,5-6,9,14-17H2,1-4H3,(H2,38,50)(H,39,51)(H,41,44,53)(H,42,43,52)/b8-7+. The van der Waals surface area contributed by atoms with Gasteiger partial charge in [0.25, 0.3) is 17.7 Å². The zero-order valence-electron chi connectivity index (χ0n) is 30.3. The number of imidazole rings is 2. The van der Waals surface area contributed by atoms with Gasteiger partial charge in [-0.1, -0.05) is 19.1 Å². The Bertz CT molecular complexity index is 2420. The predicted octanol–water partition coefficient (Wildman–Crippen LogP) is 3.74. The number of allylic oxidation sites excluding steroid dienone is 2. The molecule has 6 aromatic rings. The van der Waals surface area contributed by atoms with Crippen molar-refractivity contribution in [2.45, 2.75) is 60.2 Å². The molecule has 0 saturated carbocycles. The number of primary amides is 1. The summed E-state index contributed by atoms with van der Waals surface area (Å²) in [6.45, 7) is 8.53. The van der Waals surface area contributed by atoms with Crippen LogP contribution in [0, 0.1) is 13.8 Å². The van der Waals surface area contributed by atoms with Crippen LogP contribution in [0.3, 0.4) is 0 Å². The highest BCUT2D eigenvalue weighted by Crippen LogP contribution is 2.25. The van der Waals surface area contributed by atoms with E-state index in [-0.39, 0.29) is 48.8 Å². The molecule has 0 atom stereocenters. The fourth-order valence-electron chi connectivity index (χ4n) is 6.04. The van der Waals surface area contributed by atoms with E-state index in [9.17, 15) is 19.2 Å². The summed E-state index contributed by atoms with van der Waals surface area (Å²) in [5.74, 6) is -0.907. The number of aryl methyl sites for hydroxylation is 4. The van der Waals surface area contributed by atoms with Crippen LogP contribution >= 0.6 is 0 Å². The number of aromatic nitrogens is 7. The molecule has 54 heavy (non-hydrogen) atoms. The molecule has 0 fully saturated rings. The zero-order valence-corrected chi connectivity index (χ0v) is 30.3. The van der Waals surface area contributed by atoms with Gasteiger partial charge in [-0.2, -0.15) is 5.10 Å². The highest BCUT2D eigenvalue weighted by atomic mass is 16.4. The lowest BCUT2D eigenvalue weighted by Gasteiger charge is -2.10. The van der Waals surface area contributed by atoms with Crippen LogP contribution in [0.25, 0.3) is 22.1 Å². The van der Waals surface area contributed by atoms with Crippen molar-refractivity contribution >= 4 is 57.6 Å². The topological polar surface area (TPSA) is 230 Å². The Labute approximate surface area is 309 Å². The van der Waals surface area contributed by atoms with Crippen molar-refractivity contribution in [1.82, 2.24) is 39.2 Å². The third kappa shape index (κ3) is 7.75. The first-order chi connectivity index (χ1) is 26.0. The zero-order chi connectivity index (χ0) is 38.5. The Balaban J connectivity index is 1.31. The smallest absolute Gasteiger partial charge is 0.295 e. The number of hydrogen-bond donors (Lipinski definition) is 5. The van der Waals surface area contributed by atoms with Crippen molar-refractivity contribution < 1.29 is 28.7 Å². The average Bonchev–Trinajstić information content (AvgIpc) is 3.91. The van der Waals surface area contributed by atoms with Crippen molar-refractivity contribution in [2.24, 2.45) is 5.73 Å². The number of amides is 4. The minimum atomic E-state index is -0.610. The Morgan fingerprint density at radius 3 is 2.04 bits per heavy atom. The van der Waals surface area contributed by atoms with Crippen LogP contribution < -0.4 is 21.7 Å². The molecule has 0 unspecified atom stereocenters. The molecule has 0 bridgehead atoms. The van der Waals surface area contributed by atoms with Gasteiger partial charge in [0.15, 0.2) is 5.89 Å². The van der Waals surface area contributed by atoms with Crippen LogP contribution in [0.4, 0.5) is 11.9 Å². The normalized spacial score (nSPS) is 11.5. The predicted molar refractivity (Wildman–Crippen MR) is 200 cm³/mol. The molecule has 6 rings (SSSR count). The molecule has 0 aliphatic carbocycles. The van der Waals surface area contributed by atoms with Crippen molar-refractivity contribution in [3.8, 4) is 0 Å². The van der Waals surface area contributed by atoms with Gasteiger partial charge >= 0.3 is 0 Å². The van der Waals surface area contributed by atoms with E-state index >= 15 is 0 Å². The number of rotatable bonds is 15. The number of nitrogens with two attached hydrogens (primary N) is 1. The van der Waals surface area contributed by atoms with Crippen LogP contribution in [0.15, 0.2) is 59.0 Å². The molecule has 2 aromatic carbocycles. The maximum atomic E-state index is 13.5. The van der Waals surface area contributed by atoms with E-state index in [1.807, 2.05) is 37.5 Å². The summed E-state index contributed by atoms with van der Waals surface area (Å²) in [4.78, 5) is 65.1. The number of aliphatic hydroxyl groups is 1. The molecule has 0 aliphatic rings. The molecular formula is C37H41N11O6. The number of fused-ring (bicyclic) bond motifs is 2. The van der Waals surface area contributed by atoms with E-state index in [4.69, 9.17) is 20.2 Å². The molecule has 0 saturated heterocycles. The lowest BCUT2D eigenvalue weighted by Crippen LogP contribution is -2.24. The number of carbonyl (C=O) groups is 4. The van der Waals surface area contributed by atoms with Crippen LogP contribution in [0.1, 0.15) is 79.3 Å². The Hall–Kier alpha value is -6.62. The maximum absolute atomic E-state index is 13.5. The van der Waals surface area contributed by atoms with Gasteiger partial charge in [-0.3, -0.25) is 34.5 Å². The number of nitrogens with one attached hydrogen (secondary N) is 3. The molecule has 6 N–H and O–H groups in total. The number of benzene rings is 2. The van der Waals surface area contributed by atoms with E-state index in [1.54, 1.807) is 58.6 Å². The quantitative estimate of drug-likeness (QED) is 0.0758. The Kier molecular flexibility index (Phi) is 11.0. The third-order valence-electron chi connectivity index (χ3n) is 8.64. The van der Waals surface area contributed by atoms with Gasteiger partial charge in [-0.05, 0) is 69.2 Å². The van der Waals surface area contributed by atoms with E-state index in [0.717, 1.165) is 0 Å². The molecule has 0 radical (unpaired) electrons. The summed E-state index contributed by atoms with van der Waals surface area (Å²) >= 11 is 0. The van der Waals surface area contributed by atoms with Crippen LogP contribution in [0.5, 0.6) is 0 Å². The number of hydrogen-bond acceptors (Lipinski definition) is 10. The highest BCUT2D eigenvalue weighted by Gasteiger charge is 2.22. The van der Waals surface area contributed by atoms with Crippen LogP contribution in [0.2, 0.25) is 0 Å². The molecule has 0 aliphatic heterocycles. The van der Waals surface area contributed by atoms with Crippen LogP contribution in [-0.4, -0.2) is 75.8 Å². The van der Waals surface area contributed by atoms with Gasteiger partial charge in [0.1, 0.15) is 5.69 Å². The molecule has 280 valence electrons. The minimum absolute atomic E-state index is 0.0395. The van der Waals surface area contributed by atoms with Crippen molar-refractivity contribution in [1.29, 1.82) is 0 Å². The molecule has 4 amide bonds. The van der Waals surface area contributed by atoms with Gasteiger partial charge in [0.05, 0.1) is 33.5 Å². The second kappa shape index (κ2) is 16.0. The van der Waals surface area contributed by atoms with Gasteiger partial charge in [0, 0.05) is 50.8 Å². The fraction of sp³-hybridized carbons (Fsp3) is 0.297. The number of carbonyl (C=O) groups excluding carboxylic acids is 4. The first-order valence-corrected chi connectivity index (χ1v) is 17.5. The van der Waals surface area contributed by atoms with Crippen molar-refractivity contribution in [3.05, 3.63) is 94.5 Å². The lowest BCUT2D eigenvalue weighted by molar-refractivity contribution is 0.0948. The monoisotopic (exact) mass is 735 g/mol. The molecular weight excluding hydrogens is 694 g/mol. The van der Waals surface area contributed by atoms with Gasteiger partial charge in [-0.15, -0.1) is 0 Å². The van der Waals surface area contributed by atoms with E-state index in [1.165, 1.54) is 0 Å². The number of aliphatic hydroxyl groups excluding tert-OH is 1. The summed E-state index contributed by atoms with van der Waals surface area (Å²) in [7, 11) is 0. The van der Waals surface area contributed by atoms with Gasteiger partial charge in [0.2, 0.25) is 23.6 Å². The Morgan fingerprint density at radius 2 is 1.44 bits per heavy atom. The van der Waals surface area contributed by atoms with Crippen molar-refractivity contribution in [3.63, 3.8) is 0 Å². The van der Waals surface area contributed by atoms with E-state index in [0.29, 0.717) is 76.5 Å². The van der Waals surface area contributed by atoms with Gasteiger partial charge < -0.3 is 29.7 Å². The second-order valence-electron chi connectivity index (χ2n) is 12.4. The summed E-state index contributed by atoms with van der Waals surface area (Å²) in [6, 6.07) is 11.6. The molecule has 0 spiro atoms. The molecule has 4 aromatic heterocycles. The third-order valence-corrected chi connectivity index (χ3v) is 8.64. The second-order valence-corrected chi connectivity index (χ2v) is 12.4. The summed E-state index contributed by atoms with van der Waals surface area (Å²) in [5.41, 5.74) is 10.00. The SMILES string of the molecule is CCc1nc(C)oc1C(=O)Nc1nc2cc(C(N)=O)ccc2n1C/C=C/Cn1c(NC(=O)c2cc(C)nn2CC)nc2cc(C(=O)NCCCO)ccc21. The number of oxazole rings is 1. The summed E-state index contributed by atoms with van der Waals surface area (Å²) in [6.07, 6.45) is 4.66. The largest absolute Gasteiger partial charge is 0.436 e. The van der Waals surface area contributed by atoms with Crippen LogP contribution in [-0.2, 0) is 26.1 Å². The maximum Gasteiger partial charge on any atom is 0.295 e. The summed E-state index contributed by atoms with van der Waals surface area (Å²) < 4.78 is 10.8. The number of anilines is 2. The first-order valence-electron chi connectivity index (χ1n) is 17.5. The van der Waals surface area contributed by atoms with E-state index in [2.05, 4.69) is 31.0 Å². The number of nitrogens with zero attached hydrogens (tertiary/aromatic N) is 7.